The van der Waals surface area contributed by atoms with E-state index in [4.69, 9.17) is 37.9 Å². The number of hydrogen-bond acceptors (Lipinski definition) is 4. The van der Waals surface area contributed by atoms with Crippen LogP contribution in [0.5, 0.6) is 0 Å². The first-order valence-corrected chi connectivity index (χ1v) is 6.07. The number of esters is 1. The van der Waals surface area contributed by atoms with E-state index in [0.29, 0.717) is 15.6 Å². The van der Waals surface area contributed by atoms with Gasteiger partial charge in [0.25, 0.3) is 0 Å². The van der Waals surface area contributed by atoms with Gasteiger partial charge in [0.05, 0.1) is 6.61 Å². The Kier molecular flexibility index (Phi) is 6.37. The zero-order valence-electron chi connectivity index (χ0n) is 10.2. The first-order valence-electron chi connectivity index (χ1n) is 5.31. The number of rotatable bonds is 5. The van der Waals surface area contributed by atoms with Gasteiger partial charge in [-0.15, -0.1) is 0 Å². The summed E-state index contributed by atoms with van der Waals surface area (Å²) in [6.45, 7) is 0.356. The van der Waals surface area contributed by atoms with Crippen LogP contribution in [-0.2, 0) is 14.3 Å². The second kappa shape index (κ2) is 7.80. The third kappa shape index (κ3) is 4.92. The smallest absolute Gasteiger partial charge is 0.348 e. The molecule has 0 radical (unpaired) electrons. The molecule has 0 aliphatic carbocycles. The number of ether oxygens (including phenoxy) is 2. The molecule has 0 bridgehead atoms. The van der Waals surface area contributed by atoms with Crippen molar-refractivity contribution in [2.24, 2.45) is 0 Å². The highest BCUT2D eigenvalue weighted by Gasteiger charge is 2.11. The molecule has 6 heteroatoms. The number of halogens is 2. The fraction of sp³-hybridized carbons (Fsp3) is 0.231. The summed E-state index contributed by atoms with van der Waals surface area (Å²) in [5, 5.41) is 9.77. The van der Waals surface area contributed by atoms with Crippen LogP contribution in [-0.4, -0.2) is 26.3 Å². The Labute approximate surface area is 121 Å². The van der Waals surface area contributed by atoms with Gasteiger partial charge in [-0.3, -0.25) is 0 Å². The molecule has 0 aromatic heterocycles. The Hall–Kier alpha value is -1.54. The van der Waals surface area contributed by atoms with Gasteiger partial charge < -0.3 is 9.47 Å². The lowest BCUT2D eigenvalue weighted by atomic mass is 10.1. The number of carbonyl (C=O) groups excluding carboxylic acids is 1. The SMILES string of the molecule is COCCOC(=O)/C(C#N)=C\c1ccc(Cl)cc1Cl. The van der Waals surface area contributed by atoms with E-state index in [1.165, 1.54) is 19.3 Å². The van der Waals surface area contributed by atoms with Gasteiger partial charge in [-0.1, -0.05) is 29.3 Å². The molecule has 0 spiro atoms. The third-order valence-electron chi connectivity index (χ3n) is 2.12. The highest BCUT2D eigenvalue weighted by Crippen LogP contribution is 2.23. The standard InChI is InChI=1S/C13H11Cl2NO3/c1-18-4-5-19-13(17)10(8-16)6-9-2-3-11(14)7-12(9)15/h2-3,6-7H,4-5H2,1H3/b10-6-. The van der Waals surface area contributed by atoms with Crippen LogP contribution < -0.4 is 0 Å². The highest BCUT2D eigenvalue weighted by atomic mass is 35.5. The van der Waals surface area contributed by atoms with Crippen molar-refractivity contribution in [2.75, 3.05) is 20.3 Å². The summed E-state index contributed by atoms with van der Waals surface area (Å²) in [5.74, 6) is -0.717. The maximum Gasteiger partial charge on any atom is 0.348 e. The Bertz CT molecular complexity index is 535. The zero-order chi connectivity index (χ0) is 14.3. The summed E-state index contributed by atoms with van der Waals surface area (Å²) in [7, 11) is 1.49. The van der Waals surface area contributed by atoms with Gasteiger partial charge in [0.1, 0.15) is 18.2 Å². The highest BCUT2D eigenvalue weighted by molar-refractivity contribution is 6.35. The Morgan fingerprint density at radius 1 is 1.42 bits per heavy atom. The van der Waals surface area contributed by atoms with Crippen LogP contribution in [0.2, 0.25) is 10.0 Å². The minimum Gasteiger partial charge on any atom is -0.459 e. The van der Waals surface area contributed by atoms with Crippen molar-refractivity contribution in [2.45, 2.75) is 0 Å². The van der Waals surface area contributed by atoms with Gasteiger partial charge >= 0.3 is 5.97 Å². The van der Waals surface area contributed by atoms with Crippen molar-refractivity contribution in [3.63, 3.8) is 0 Å². The molecule has 0 unspecified atom stereocenters. The quantitative estimate of drug-likeness (QED) is 0.363. The van der Waals surface area contributed by atoms with Crippen molar-refractivity contribution in [1.29, 1.82) is 5.26 Å². The molecule has 0 fully saturated rings. The van der Waals surface area contributed by atoms with Crippen LogP contribution in [0.1, 0.15) is 5.56 Å². The van der Waals surface area contributed by atoms with Crippen LogP contribution in [0.25, 0.3) is 6.08 Å². The summed E-state index contributed by atoms with van der Waals surface area (Å²) in [6, 6.07) is 6.53. The monoisotopic (exact) mass is 299 g/mol. The van der Waals surface area contributed by atoms with E-state index in [2.05, 4.69) is 0 Å². The maximum absolute atomic E-state index is 11.6. The molecule has 100 valence electrons. The molecule has 0 saturated carbocycles. The van der Waals surface area contributed by atoms with Crippen LogP contribution in [0.4, 0.5) is 0 Å². The number of benzene rings is 1. The summed E-state index contributed by atoms with van der Waals surface area (Å²) >= 11 is 11.7. The van der Waals surface area contributed by atoms with E-state index >= 15 is 0 Å². The van der Waals surface area contributed by atoms with Crippen molar-refractivity contribution in [3.05, 3.63) is 39.4 Å². The topological polar surface area (TPSA) is 59.3 Å². The molecule has 0 amide bonds. The van der Waals surface area contributed by atoms with Gasteiger partial charge in [-0.2, -0.15) is 5.26 Å². The Balaban J connectivity index is 2.87. The molecule has 0 heterocycles. The van der Waals surface area contributed by atoms with E-state index in [1.807, 2.05) is 0 Å². The minimum absolute atomic E-state index is 0.0860. The van der Waals surface area contributed by atoms with Crippen LogP contribution in [0.3, 0.4) is 0 Å². The first-order chi connectivity index (χ1) is 9.08. The molecule has 0 N–H and O–H groups in total. The van der Waals surface area contributed by atoms with Crippen LogP contribution in [0, 0.1) is 11.3 Å². The molecule has 4 nitrogen and oxygen atoms in total. The number of nitrogens with zero attached hydrogens (tertiary/aromatic N) is 1. The molecule has 19 heavy (non-hydrogen) atoms. The van der Waals surface area contributed by atoms with E-state index < -0.39 is 5.97 Å². The largest absolute Gasteiger partial charge is 0.459 e. The first kappa shape index (κ1) is 15.5. The van der Waals surface area contributed by atoms with E-state index in [9.17, 15) is 4.79 Å². The molecule has 1 rings (SSSR count). The lowest BCUT2D eigenvalue weighted by Crippen LogP contribution is -2.11. The number of carbonyl (C=O) groups is 1. The normalized spacial score (nSPS) is 10.9. The Morgan fingerprint density at radius 3 is 2.74 bits per heavy atom. The molecule has 0 aliphatic heterocycles. The minimum atomic E-state index is -0.717. The predicted molar refractivity (Wildman–Crippen MR) is 72.9 cm³/mol. The molecule has 1 aromatic rings. The summed E-state index contributed by atoms with van der Waals surface area (Å²) in [4.78, 5) is 11.6. The predicted octanol–water partition coefficient (Wildman–Crippen LogP) is 3.09. The second-order valence-electron chi connectivity index (χ2n) is 3.46. The van der Waals surface area contributed by atoms with Crippen LogP contribution >= 0.6 is 23.2 Å². The molecule has 0 atom stereocenters. The third-order valence-corrected chi connectivity index (χ3v) is 2.69. The van der Waals surface area contributed by atoms with Crippen molar-refractivity contribution in [3.8, 4) is 6.07 Å². The Morgan fingerprint density at radius 2 is 2.16 bits per heavy atom. The van der Waals surface area contributed by atoms with Gasteiger partial charge in [0.2, 0.25) is 0 Å². The average Bonchev–Trinajstić information content (AvgIpc) is 2.38. The van der Waals surface area contributed by atoms with Gasteiger partial charge in [0.15, 0.2) is 0 Å². The fourth-order valence-electron chi connectivity index (χ4n) is 1.21. The van der Waals surface area contributed by atoms with E-state index in [-0.39, 0.29) is 18.8 Å². The van der Waals surface area contributed by atoms with Gasteiger partial charge in [-0.25, -0.2) is 4.79 Å². The number of hydrogen-bond donors (Lipinski definition) is 0. The maximum atomic E-state index is 11.6. The van der Waals surface area contributed by atoms with E-state index in [1.54, 1.807) is 18.2 Å². The number of nitriles is 1. The summed E-state index contributed by atoms with van der Waals surface area (Å²) < 4.78 is 9.59. The second-order valence-corrected chi connectivity index (χ2v) is 4.31. The van der Waals surface area contributed by atoms with E-state index in [0.717, 1.165) is 0 Å². The molecule has 1 aromatic carbocycles. The molecule has 0 aliphatic rings. The lowest BCUT2D eigenvalue weighted by molar-refractivity contribution is -0.139. The van der Waals surface area contributed by atoms with Crippen LogP contribution in [0.15, 0.2) is 23.8 Å². The molecular weight excluding hydrogens is 289 g/mol. The van der Waals surface area contributed by atoms with Crippen molar-refractivity contribution < 1.29 is 14.3 Å². The fourth-order valence-corrected chi connectivity index (χ4v) is 1.67. The van der Waals surface area contributed by atoms with Gasteiger partial charge in [0, 0.05) is 17.2 Å². The lowest BCUT2D eigenvalue weighted by Gasteiger charge is -2.03. The summed E-state index contributed by atoms with van der Waals surface area (Å²) in [5.41, 5.74) is 0.381. The average molecular weight is 300 g/mol. The van der Waals surface area contributed by atoms with Gasteiger partial charge in [-0.05, 0) is 23.8 Å². The summed E-state index contributed by atoms with van der Waals surface area (Å²) in [6.07, 6.45) is 1.35. The van der Waals surface area contributed by atoms with Crippen molar-refractivity contribution in [1.82, 2.24) is 0 Å². The van der Waals surface area contributed by atoms with Crippen molar-refractivity contribution >= 4 is 35.2 Å². The number of methoxy groups -OCH3 is 1. The molecule has 0 saturated heterocycles. The molecular formula is C13H11Cl2NO3. The zero-order valence-corrected chi connectivity index (χ0v) is 11.7.